The van der Waals surface area contributed by atoms with Crippen LogP contribution in [-0.2, 0) is 9.47 Å². The van der Waals surface area contributed by atoms with Gasteiger partial charge in [-0.3, -0.25) is 0 Å². The molecule has 0 saturated heterocycles. The highest BCUT2D eigenvalue weighted by Crippen LogP contribution is 2.58. The SMILES string of the molecule is C1=C2OCCCCOC3=C(C(P(c4ccccc4)c4ccccc4)=CCC3)C2=C(P(c2ccccc2)c2ccccc2)CC1. The summed E-state index contributed by atoms with van der Waals surface area (Å²) < 4.78 is 13.6. The zero-order chi connectivity index (χ0) is 29.6. The van der Waals surface area contributed by atoms with Crippen LogP contribution in [0.5, 0.6) is 0 Å². The van der Waals surface area contributed by atoms with Gasteiger partial charge in [0.25, 0.3) is 0 Å². The van der Waals surface area contributed by atoms with Crippen LogP contribution in [0, 0.1) is 0 Å². The molecule has 7 rings (SSSR count). The maximum atomic E-state index is 6.80. The lowest BCUT2D eigenvalue weighted by molar-refractivity contribution is 0.162. The lowest BCUT2D eigenvalue weighted by Gasteiger charge is -2.35. The lowest BCUT2D eigenvalue weighted by Crippen LogP contribution is -2.22. The summed E-state index contributed by atoms with van der Waals surface area (Å²) in [5, 5.41) is 8.39. The predicted molar refractivity (Wildman–Crippen MR) is 188 cm³/mol. The second-order valence-electron chi connectivity index (χ2n) is 11.3. The number of hydrogen-bond acceptors (Lipinski definition) is 2. The number of benzene rings is 4. The maximum Gasteiger partial charge on any atom is 0.123 e. The molecular formula is C40H38O2P2. The highest BCUT2D eigenvalue weighted by molar-refractivity contribution is 7.77. The van der Waals surface area contributed by atoms with Crippen molar-refractivity contribution in [1.29, 1.82) is 0 Å². The van der Waals surface area contributed by atoms with E-state index in [2.05, 4.69) is 133 Å². The third-order valence-corrected chi connectivity index (χ3v) is 13.5. The fraction of sp³-hybridized carbons (Fsp3) is 0.200. The molecule has 0 radical (unpaired) electrons. The van der Waals surface area contributed by atoms with Gasteiger partial charge >= 0.3 is 0 Å². The minimum atomic E-state index is -0.814. The van der Waals surface area contributed by atoms with Gasteiger partial charge in [-0.2, -0.15) is 0 Å². The zero-order valence-electron chi connectivity index (χ0n) is 25.1. The molecule has 0 bridgehead atoms. The standard InChI is InChI=1S/C40H38O2P2/c1-5-17-31(18-6-1)43(32-19-7-2-8-20-32)37-27-15-25-35-39(37)40-36(42-30-14-13-29-41-35)26-16-28-38(40)44(33-21-9-3-10-22-33)34-23-11-4-12-24-34/h1-12,17-25,28H,13-16,26-27,29-30H2. The summed E-state index contributed by atoms with van der Waals surface area (Å²) >= 11 is 0. The summed E-state index contributed by atoms with van der Waals surface area (Å²) in [6, 6.07) is 44.4. The van der Waals surface area contributed by atoms with Gasteiger partial charge in [0.05, 0.1) is 13.2 Å². The van der Waals surface area contributed by atoms with E-state index in [1.165, 1.54) is 43.0 Å². The molecule has 0 unspecified atom stereocenters. The Balaban J connectivity index is 1.50. The molecule has 44 heavy (non-hydrogen) atoms. The van der Waals surface area contributed by atoms with Crippen molar-refractivity contribution in [3.05, 3.63) is 167 Å². The fourth-order valence-electron chi connectivity index (χ4n) is 6.43. The summed E-state index contributed by atoms with van der Waals surface area (Å²) in [7, 11) is -1.59. The van der Waals surface area contributed by atoms with Crippen LogP contribution in [0.1, 0.15) is 38.5 Å². The van der Waals surface area contributed by atoms with Crippen LogP contribution in [0.15, 0.2) is 167 Å². The zero-order valence-corrected chi connectivity index (χ0v) is 26.9. The normalized spacial score (nSPS) is 17.2. The first-order chi connectivity index (χ1) is 21.9. The number of ether oxygens (including phenoxy) is 2. The van der Waals surface area contributed by atoms with Crippen molar-refractivity contribution in [3.8, 4) is 0 Å². The topological polar surface area (TPSA) is 18.5 Å². The Kier molecular flexibility index (Phi) is 9.20. The van der Waals surface area contributed by atoms with Crippen molar-refractivity contribution < 1.29 is 9.47 Å². The van der Waals surface area contributed by atoms with Gasteiger partial charge in [0.1, 0.15) is 11.5 Å². The maximum absolute atomic E-state index is 6.80. The van der Waals surface area contributed by atoms with Crippen LogP contribution in [0.4, 0.5) is 0 Å². The molecule has 3 aliphatic rings. The Morgan fingerprint density at radius 1 is 0.455 bits per heavy atom. The Morgan fingerprint density at radius 2 is 0.932 bits per heavy atom. The Hall–Kier alpha value is -3.70. The molecule has 4 aromatic rings. The number of rotatable bonds is 6. The third kappa shape index (κ3) is 6.12. The van der Waals surface area contributed by atoms with Crippen LogP contribution in [0.25, 0.3) is 0 Å². The Morgan fingerprint density at radius 3 is 1.48 bits per heavy atom. The molecule has 0 atom stereocenters. The van der Waals surface area contributed by atoms with Crippen molar-refractivity contribution in [2.75, 3.05) is 13.2 Å². The van der Waals surface area contributed by atoms with E-state index in [-0.39, 0.29) is 0 Å². The average molecular weight is 613 g/mol. The molecule has 220 valence electrons. The molecule has 0 spiro atoms. The van der Waals surface area contributed by atoms with Crippen molar-refractivity contribution in [2.24, 2.45) is 0 Å². The number of allylic oxidation sites excluding steroid dienone is 6. The molecule has 4 heteroatoms. The first kappa shape index (κ1) is 29.0. The molecule has 0 amide bonds. The van der Waals surface area contributed by atoms with Crippen LogP contribution >= 0.6 is 15.8 Å². The van der Waals surface area contributed by atoms with Gasteiger partial charge in [-0.25, -0.2) is 0 Å². The first-order valence-electron chi connectivity index (χ1n) is 15.8. The van der Waals surface area contributed by atoms with Crippen LogP contribution in [-0.4, -0.2) is 13.2 Å². The molecule has 0 saturated carbocycles. The summed E-state index contributed by atoms with van der Waals surface area (Å²) in [6.45, 7) is 1.45. The summed E-state index contributed by atoms with van der Waals surface area (Å²) in [5.41, 5.74) is 2.58. The largest absolute Gasteiger partial charge is 0.497 e. The van der Waals surface area contributed by atoms with Gasteiger partial charge in [0, 0.05) is 17.6 Å². The first-order valence-corrected chi connectivity index (χ1v) is 18.5. The van der Waals surface area contributed by atoms with E-state index >= 15 is 0 Å². The number of hydrogen-bond donors (Lipinski definition) is 0. The van der Waals surface area contributed by atoms with Crippen LogP contribution in [0.3, 0.4) is 0 Å². The monoisotopic (exact) mass is 612 g/mol. The molecule has 4 aromatic carbocycles. The van der Waals surface area contributed by atoms with Crippen LogP contribution < -0.4 is 21.2 Å². The lowest BCUT2D eigenvalue weighted by atomic mass is 9.91. The minimum absolute atomic E-state index is 0.717. The Bertz CT molecular complexity index is 1610. The van der Waals surface area contributed by atoms with Crippen molar-refractivity contribution >= 4 is 37.1 Å². The van der Waals surface area contributed by atoms with Crippen molar-refractivity contribution in [2.45, 2.75) is 38.5 Å². The smallest absolute Gasteiger partial charge is 0.123 e. The molecule has 0 N–H and O–H groups in total. The molecule has 0 aromatic heterocycles. The highest BCUT2D eigenvalue weighted by atomic mass is 31.1. The van der Waals surface area contributed by atoms with Crippen LogP contribution in [0.2, 0.25) is 0 Å². The average Bonchev–Trinajstić information content (AvgIpc) is 3.09. The molecule has 2 nitrogen and oxygen atoms in total. The van der Waals surface area contributed by atoms with E-state index in [4.69, 9.17) is 9.47 Å². The Labute approximate surface area is 264 Å². The van der Waals surface area contributed by atoms with Crippen molar-refractivity contribution in [1.82, 2.24) is 0 Å². The van der Waals surface area contributed by atoms with E-state index < -0.39 is 15.8 Å². The van der Waals surface area contributed by atoms with Crippen molar-refractivity contribution in [3.63, 3.8) is 0 Å². The van der Waals surface area contributed by atoms with Gasteiger partial charge in [0.15, 0.2) is 0 Å². The van der Waals surface area contributed by atoms with Gasteiger partial charge < -0.3 is 9.47 Å². The van der Waals surface area contributed by atoms with Gasteiger partial charge in [-0.15, -0.1) is 0 Å². The quantitative estimate of drug-likeness (QED) is 0.203. The molecule has 2 aliphatic carbocycles. The second-order valence-corrected chi connectivity index (χ2v) is 15.7. The van der Waals surface area contributed by atoms with E-state index in [1.807, 2.05) is 0 Å². The summed E-state index contributed by atoms with van der Waals surface area (Å²) in [6.07, 6.45) is 10.8. The van der Waals surface area contributed by atoms with E-state index in [1.54, 1.807) is 0 Å². The van der Waals surface area contributed by atoms with E-state index in [9.17, 15) is 0 Å². The predicted octanol–water partition coefficient (Wildman–Crippen LogP) is 8.94. The van der Waals surface area contributed by atoms with E-state index in [0.29, 0.717) is 6.61 Å². The minimum Gasteiger partial charge on any atom is -0.497 e. The number of fused-ring (bicyclic) bond motifs is 2. The highest BCUT2D eigenvalue weighted by Gasteiger charge is 2.36. The van der Waals surface area contributed by atoms with Gasteiger partial charge in [0.2, 0.25) is 0 Å². The molecule has 0 fully saturated rings. The molecule has 1 aliphatic heterocycles. The van der Waals surface area contributed by atoms with Gasteiger partial charge in [-0.05, 0) is 85.9 Å². The molecule has 1 heterocycles. The second kappa shape index (κ2) is 13.9. The van der Waals surface area contributed by atoms with Gasteiger partial charge in [-0.1, -0.05) is 127 Å². The fourth-order valence-corrected chi connectivity index (χ4v) is 11.7. The third-order valence-electron chi connectivity index (χ3n) is 8.38. The summed E-state index contributed by atoms with van der Waals surface area (Å²) in [4.78, 5) is 0. The molecular weight excluding hydrogens is 574 g/mol. The summed E-state index contributed by atoms with van der Waals surface area (Å²) in [5.74, 6) is 2.19. The van der Waals surface area contributed by atoms with E-state index in [0.717, 1.165) is 56.7 Å².